The van der Waals surface area contributed by atoms with Crippen LogP contribution in [0.1, 0.15) is 35.3 Å². The van der Waals surface area contributed by atoms with Crippen LogP contribution in [0.25, 0.3) is 0 Å². The molecule has 0 spiro atoms. The second kappa shape index (κ2) is 7.14. The summed E-state index contributed by atoms with van der Waals surface area (Å²) < 4.78 is 26.7. The molecule has 1 aliphatic rings. The summed E-state index contributed by atoms with van der Waals surface area (Å²) >= 11 is 0. The number of hydrogen-bond donors (Lipinski definition) is 2. The molecule has 2 aromatic rings. The van der Waals surface area contributed by atoms with Gasteiger partial charge in [0.1, 0.15) is 5.82 Å². The van der Waals surface area contributed by atoms with Crippen molar-refractivity contribution in [3.8, 4) is 0 Å². The zero-order valence-corrected chi connectivity index (χ0v) is 13.7. The number of carbonyl (C=O) groups is 1. The molecule has 0 unspecified atom stereocenters. The Balaban J connectivity index is 1.86. The first-order valence-corrected chi connectivity index (χ1v) is 8.13. The minimum Gasteiger partial charge on any atom is -0.391 e. The average molecular weight is 347 g/mol. The van der Waals surface area contributed by atoms with E-state index in [4.69, 9.17) is 0 Å². The Labute approximate surface area is 144 Å². The summed E-state index contributed by atoms with van der Waals surface area (Å²) in [6.45, 7) is 2.69. The molecule has 2 atom stereocenters. The van der Waals surface area contributed by atoms with Gasteiger partial charge in [-0.05, 0) is 43.2 Å². The molecular weight excluding hydrogens is 328 g/mol. The fourth-order valence-electron chi connectivity index (χ4n) is 3.06. The molecule has 0 saturated carbocycles. The van der Waals surface area contributed by atoms with Gasteiger partial charge in [0.2, 0.25) is 0 Å². The lowest BCUT2D eigenvalue weighted by Crippen LogP contribution is -2.26. The fraction of sp³-hybridized carbons (Fsp3) is 0.333. The van der Waals surface area contributed by atoms with Crippen molar-refractivity contribution in [2.75, 3.05) is 18.0 Å². The highest BCUT2D eigenvalue weighted by molar-refractivity contribution is 5.94. The first-order valence-electron chi connectivity index (χ1n) is 8.13. The Morgan fingerprint density at radius 3 is 2.76 bits per heavy atom. The molecular formula is C18H19F2N3O2. The molecule has 1 fully saturated rings. The number of anilines is 1. The molecule has 1 aromatic carbocycles. The van der Waals surface area contributed by atoms with Gasteiger partial charge in [-0.15, -0.1) is 0 Å². The van der Waals surface area contributed by atoms with Crippen LogP contribution in [0.5, 0.6) is 0 Å². The van der Waals surface area contributed by atoms with Crippen molar-refractivity contribution >= 4 is 11.7 Å². The molecule has 3 rings (SSSR count). The van der Waals surface area contributed by atoms with Crippen LogP contribution in [0, 0.1) is 11.6 Å². The van der Waals surface area contributed by atoms with E-state index in [-0.39, 0.29) is 11.9 Å². The molecule has 2 heterocycles. The predicted molar refractivity (Wildman–Crippen MR) is 89.3 cm³/mol. The zero-order chi connectivity index (χ0) is 18.0. The fourth-order valence-corrected chi connectivity index (χ4v) is 3.06. The van der Waals surface area contributed by atoms with E-state index < -0.39 is 17.7 Å². The summed E-state index contributed by atoms with van der Waals surface area (Å²) in [5.41, 5.74) is 1.01. The third-order valence-corrected chi connectivity index (χ3v) is 4.25. The summed E-state index contributed by atoms with van der Waals surface area (Å²) in [6, 6.07) is 6.77. The van der Waals surface area contributed by atoms with Crippen molar-refractivity contribution in [2.24, 2.45) is 0 Å². The molecule has 0 aliphatic carbocycles. The van der Waals surface area contributed by atoms with E-state index in [0.717, 1.165) is 12.1 Å². The van der Waals surface area contributed by atoms with Gasteiger partial charge in [-0.25, -0.2) is 13.8 Å². The summed E-state index contributed by atoms with van der Waals surface area (Å²) in [7, 11) is 0. The number of nitrogens with one attached hydrogen (secondary N) is 1. The van der Waals surface area contributed by atoms with Crippen molar-refractivity contribution in [2.45, 2.75) is 25.5 Å². The number of amides is 1. The van der Waals surface area contributed by atoms with Crippen molar-refractivity contribution in [3.63, 3.8) is 0 Å². The van der Waals surface area contributed by atoms with Gasteiger partial charge in [-0.2, -0.15) is 0 Å². The maximum Gasteiger partial charge on any atom is 0.252 e. The number of aromatic nitrogens is 1. The smallest absolute Gasteiger partial charge is 0.252 e. The van der Waals surface area contributed by atoms with Crippen molar-refractivity contribution in [1.82, 2.24) is 10.3 Å². The van der Waals surface area contributed by atoms with E-state index in [2.05, 4.69) is 10.3 Å². The minimum atomic E-state index is -0.918. The predicted octanol–water partition coefficient (Wildman–Crippen LogP) is 2.42. The number of rotatable bonds is 4. The topological polar surface area (TPSA) is 65.5 Å². The number of aliphatic hydroxyl groups is 1. The second-order valence-corrected chi connectivity index (χ2v) is 6.00. The molecule has 25 heavy (non-hydrogen) atoms. The lowest BCUT2D eigenvalue weighted by molar-refractivity contribution is 0.0955. The number of hydrogen-bond acceptors (Lipinski definition) is 4. The van der Waals surface area contributed by atoms with E-state index in [1.165, 1.54) is 12.3 Å². The molecule has 1 aromatic heterocycles. The number of carbonyl (C=O) groups excluding carboxylic acids is 1. The maximum atomic E-state index is 13.6. The minimum absolute atomic E-state index is 0.208. The van der Waals surface area contributed by atoms with Gasteiger partial charge < -0.3 is 15.3 Å². The normalized spacial score (nSPS) is 19.9. The maximum absolute atomic E-state index is 13.6. The molecule has 0 radical (unpaired) electrons. The molecule has 1 amide bonds. The largest absolute Gasteiger partial charge is 0.391 e. The highest BCUT2D eigenvalue weighted by atomic mass is 19.2. The van der Waals surface area contributed by atoms with Crippen LogP contribution in [-0.2, 0) is 0 Å². The summed E-state index contributed by atoms with van der Waals surface area (Å²) in [4.78, 5) is 17.9. The SMILES string of the molecule is CCNC(=O)c1ccc(N2C[C@H](O)C[C@@H]2c2ccc(F)c(F)c2)nc1. The Morgan fingerprint density at radius 2 is 2.12 bits per heavy atom. The Bertz CT molecular complexity index is 767. The van der Waals surface area contributed by atoms with Crippen LogP contribution in [0.4, 0.5) is 14.6 Å². The number of pyridine rings is 1. The third kappa shape index (κ3) is 3.61. The van der Waals surface area contributed by atoms with Crippen LogP contribution in [-0.4, -0.2) is 35.2 Å². The van der Waals surface area contributed by atoms with Gasteiger partial charge in [-0.3, -0.25) is 4.79 Å². The van der Waals surface area contributed by atoms with E-state index >= 15 is 0 Å². The standard InChI is InChI=1S/C18H19F2N3O2/c1-2-21-18(25)12-4-6-17(22-9-12)23-10-13(24)8-16(23)11-3-5-14(19)15(20)7-11/h3-7,9,13,16,24H,2,8,10H2,1H3,(H,21,25)/t13-,16-/m1/s1. The molecule has 5 nitrogen and oxygen atoms in total. The van der Waals surface area contributed by atoms with Gasteiger partial charge in [0.25, 0.3) is 5.91 Å². The summed E-state index contributed by atoms with van der Waals surface area (Å²) in [5.74, 6) is -1.46. The van der Waals surface area contributed by atoms with Crippen LogP contribution in [0.3, 0.4) is 0 Å². The number of nitrogens with zero attached hydrogens (tertiary/aromatic N) is 2. The van der Waals surface area contributed by atoms with Crippen LogP contribution >= 0.6 is 0 Å². The lowest BCUT2D eigenvalue weighted by Gasteiger charge is -2.26. The van der Waals surface area contributed by atoms with E-state index in [0.29, 0.717) is 36.5 Å². The molecule has 1 aliphatic heterocycles. The first-order chi connectivity index (χ1) is 12.0. The molecule has 132 valence electrons. The molecule has 0 bridgehead atoms. The highest BCUT2D eigenvalue weighted by Crippen LogP contribution is 2.35. The molecule has 2 N–H and O–H groups in total. The van der Waals surface area contributed by atoms with Gasteiger partial charge in [0.05, 0.1) is 17.7 Å². The molecule has 1 saturated heterocycles. The Kier molecular flexibility index (Phi) is 4.94. The molecule has 7 heteroatoms. The second-order valence-electron chi connectivity index (χ2n) is 6.00. The Hall–Kier alpha value is -2.54. The van der Waals surface area contributed by atoms with Crippen molar-refractivity contribution in [3.05, 3.63) is 59.3 Å². The van der Waals surface area contributed by atoms with Gasteiger partial charge >= 0.3 is 0 Å². The third-order valence-electron chi connectivity index (χ3n) is 4.25. The number of halogens is 2. The quantitative estimate of drug-likeness (QED) is 0.892. The summed E-state index contributed by atoms with van der Waals surface area (Å²) in [5, 5.41) is 12.7. The zero-order valence-electron chi connectivity index (χ0n) is 13.7. The first kappa shape index (κ1) is 17.3. The van der Waals surface area contributed by atoms with Crippen molar-refractivity contribution < 1.29 is 18.7 Å². The van der Waals surface area contributed by atoms with Crippen LogP contribution in [0.2, 0.25) is 0 Å². The van der Waals surface area contributed by atoms with Gasteiger partial charge in [-0.1, -0.05) is 6.07 Å². The van der Waals surface area contributed by atoms with Gasteiger partial charge in [0, 0.05) is 19.3 Å². The number of β-amino-alcohol motifs (C(OH)–C–C–N with tert-alkyl or cyclic N) is 1. The highest BCUT2D eigenvalue weighted by Gasteiger charge is 2.33. The number of benzene rings is 1. The van der Waals surface area contributed by atoms with Crippen LogP contribution in [0.15, 0.2) is 36.5 Å². The number of aliphatic hydroxyl groups excluding tert-OH is 1. The van der Waals surface area contributed by atoms with Crippen LogP contribution < -0.4 is 10.2 Å². The lowest BCUT2D eigenvalue weighted by atomic mass is 10.0. The van der Waals surface area contributed by atoms with Crippen molar-refractivity contribution in [1.29, 1.82) is 0 Å². The monoisotopic (exact) mass is 347 g/mol. The Morgan fingerprint density at radius 1 is 1.32 bits per heavy atom. The van der Waals surface area contributed by atoms with E-state index in [1.807, 2.05) is 11.8 Å². The summed E-state index contributed by atoms with van der Waals surface area (Å²) in [6.07, 6.45) is 1.26. The van der Waals surface area contributed by atoms with Gasteiger partial charge in [0.15, 0.2) is 11.6 Å². The van der Waals surface area contributed by atoms with E-state index in [1.54, 1.807) is 12.1 Å². The van der Waals surface area contributed by atoms with E-state index in [9.17, 15) is 18.7 Å². The average Bonchev–Trinajstić information content (AvgIpc) is 2.99.